The fraction of sp³-hybridized carbons (Fsp3) is 0.364. The average Bonchev–Trinajstić information content (AvgIpc) is 3.09. The molecule has 0 bridgehead atoms. The van der Waals surface area contributed by atoms with E-state index < -0.39 is 10.0 Å². The van der Waals surface area contributed by atoms with Crippen LogP contribution < -0.4 is 15.4 Å². The lowest BCUT2D eigenvalue weighted by atomic mass is 10.0. The molecule has 30 heavy (non-hydrogen) atoms. The third-order valence-electron chi connectivity index (χ3n) is 5.31. The van der Waals surface area contributed by atoms with Crippen LogP contribution in [0.25, 0.3) is 0 Å². The van der Waals surface area contributed by atoms with E-state index in [4.69, 9.17) is 5.14 Å². The molecule has 0 spiro atoms. The van der Waals surface area contributed by atoms with Gasteiger partial charge in [0.05, 0.1) is 10.8 Å². The van der Waals surface area contributed by atoms with Crippen molar-refractivity contribution in [2.75, 3.05) is 18.0 Å². The normalized spacial score (nSPS) is 16.9. The predicted molar refractivity (Wildman–Crippen MR) is 116 cm³/mol. The van der Waals surface area contributed by atoms with Crippen molar-refractivity contribution in [3.8, 4) is 0 Å². The van der Waals surface area contributed by atoms with Crippen LogP contribution >= 0.6 is 0 Å². The molecule has 0 aromatic heterocycles. The van der Waals surface area contributed by atoms with Crippen molar-refractivity contribution in [1.82, 2.24) is 5.32 Å². The second-order valence-electron chi connectivity index (χ2n) is 7.89. The third-order valence-corrected chi connectivity index (χ3v) is 6.24. The van der Waals surface area contributed by atoms with Crippen LogP contribution in [0.3, 0.4) is 0 Å². The molecule has 1 heterocycles. The van der Waals surface area contributed by atoms with E-state index in [2.05, 4.69) is 19.2 Å². The summed E-state index contributed by atoms with van der Waals surface area (Å²) in [6, 6.07) is 14.1. The first kappa shape index (κ1) is 22.0. The molecule has 2 amide bonds. The number of amides is 2. The highest BCUT2D eigenvalue weighted by Gasteiger charge is 2.35. The van der Waals surface area contributed by atoms with Crippen LogP contribution in [0.15, 0.2) is 53.4 Å². The van der Waals surface area contributed by atoms with E-state index in [0.717, 1.165) is 16.8 Å². The Kier molecular flexibility index (Phi) is 6.58. The first-order valence-corrected chi connectivity index (χ1v) is 11.5. The summed E-state index contributed by atoms with van der Waals surface area (Å²) in [6.45, 7) is 4.98. The highest BCUT2D eigenvalue weighted by atomic mass is 32.2. The van der Waals surface area contributed by atoms with E-state index >= 15 is 0 Å². The second kappa shape index (κ2) is 8.97. The van der Waals surface area contributed by atoms with Gasteiger partial charge in [-0.15, -0.1) is 0 Å². The van der Waals surface area contributed by atoms with Gasteiger partial charge in [-0.2, -0.15) is 0 Å². The molecule has 2 aromatic rings. The van der Waals surface area contributed by atoms with Crippen molar-refractivity contribution in [1.29, 1.82) is 0 Å². The molecule has 0 saturated carbocycles. The van der Waals surface area contributed by atoms with E-state index in [1.54, 1.807) is 17.0 Å². The second-order valence-corrected chi connectivity index (χ2v) is 9.45. The summed E-state index contributed by atoms with van der Waals surface area (Å²) in [6.07, 6.45) is 0.748. The summed E-state index contributed by atoms with van der Waals surface area (Å²) in [4.78, 5) is 26.7. The highest BCUT2D eigenvalue weighted by Crippen LogP contribution is 2.28. The average molecular weight is 430 g/mol. The topological polar surface area (TPSA) is 110 Å². The zero-order valence-electron chi connectivity index (χ0n) is 17.2. The third kappa shape index (κ3) is 5.25. The van der Waals surface area contributed by atoms with Crippen LogP contribution in [0.2, 0.25) is 0 Å². The first-order chi connectivity index (χ1) is 14.1. The van der Waals surface area contributed by atoms with Crippen LogP contribution in [0.4, 0.5) is 5.69 Å². The van der Waals surface area contributed by atoms with E-state index in [9.17, 15) is 18.0 Å². The lowest BCUT2D eigenvalue weighted by Crippen LogP contribution is -2.34. The Bertz CT molecular complexity index is 1030. The van der Waals surface area contributed by atoms with E-state index in [1.165, 1.54) is 12.1 Å². The number of carbonyl (C=O) groups excluding carboxylic acids is 2. The Morgan fingerprint density at radius 1 is 1.20 bits per heavy atom. The van der Waals surface area contributed by atoms with Gasteiger partial charge in [0, 0.05) is 25.2 Å². The molecule has 1 atom stereocenters. The summed E-state index contributed by atoms with van der Waals surface area (Å²) in [5.74, 6) is -0.215. The smallest absolute Gasteiger partial charge is 0.238 e. The number of hydrogen-bond acceptors (Lipinski definition) is 4. The maximum absolute atomic E-state index is 12.5. The van der Waals surface area contributed by atoms with Gasteiger partial charge in [0.25, 0.3) is 0 Å². The SMILES string of the molecule is CC(C)c1cccc(N2CC(C(=O)NCCc3ccc(S(N)(=O)=O)cc3)CC2=O)c1. The monoisotopic (exact) mass is 429 g/mol. The van der Waals surface area contributed by atoms with Crippen molar-refractivity contribution < 1.29 is 18.0 Å². The zero-order chi connectivity index (χ0) is 21.9. The minimum Gasteiger partial charge on any atom is -0.355 e. The van der Waals surface area contributed by atoms with Gasteiger partial charge in [0.15, 0.2) is 0 Å². The van der Waals surface area contributed by atoms with Crippen LogP contribution in [0, 0.1) is 5.92 Å². The van der Waals surface area contributed by atoms with Gasteiger partial charge in [0.1, 0.15) is 0 Å². The number of nitrogens with two attached hydrogens (primary N) is 1. The number of rotatable bonds is 7. The van der Waals surface area contributed by atoms with Crippen molar-refractivity contribution in [2.45, 2.75) is 37.5 Å². The summed E-state index contributed by atoms with van der Waals surface area (Å²) in [7, 11) is -3.71. The number of sulfonamides is 1. The maximum atomic E-state index is 12.5. The number of hydrogen-bond donors (Lipinski definition) is 2. The number of anilines is 1. The van der Waals surface area contributed by atoms with Crippen molar-refractivity contribution in [3.05, 3.63) is 59.7 Å². The first-order valence-electron chi connectivity index (χ1n) is 9.95. The molecular formula is C22H27N3O4S. The minimum absolute atomic E-state index is 0.0466. The molecule has 160 valence electrons. The fourth-order valence-corrected chi connectivity index (χ4v) is 4.02. The van der Waals surface area contributed by atoms with Crippen LogP contribution in [0.5, 0.6) is 0 Å². The molecule has 1 aliphatic rings. The minimum atomic E-state index is -3.71. The Morgan fingerprint density at radius 3 is 2.53 bits per heavy atom. The molecule has 3 N–H and O–H groups in total. The Labute approximate surface area is 177 Å². The van der Waals surface area contributed by atoms with E-state index in [-0.39, 0.29) is 29.0 Å². The number of nitrogens with zero attached hydrogens (tertiary/aromatic N) is 1. The molecule has 7 nitrogen and oxygen atoms in total. The van der Waals surface area contributed by atoms with Gasteiger partial charge in [-0.25, -0.2) is 13.6 Å². The van der Waals surface area contributed by atoms with Gasteiger partial charge in [-0.1, -0.05) is 38.1 Å². The van der Waals surface area contributed by atoms with E-state index in [1.807, 2.05) is 24.3 Å². The molecular weight excluding hydrogens is 402 g/mol. The molecule has 0 radical (unpaired) electrons. The lowest BCUT2D eigenvalue weighted by Gasteiger charge is -2.18. The van der Waals surface area contributed by atoms with E-state index in [0.29, 0.717) is 25.4 Å². The van der Waals surface area contributed by atoms with Crippen molar-refractivity contribution >= 4 is 27.5 Å². The standard InChI is InChI=1S/C22H27N3O4S/c1-15(2)17-4-3-5-19(12-17)25-14-18(13-21(25)26)22(27)24-11-10-16-6-8-20(9-7-16)30(23,28)29/h3-9,12,15,18H,10-11,13-14H2,1-2H3,(H,24,27)(H2,23,28,29). The Balaban J connectivity index is 1.54. The number of carbonyl (C=O) groups is 2. The Hall–Kier alpha value is -2.71. The molecule has 8 heteroatoms. The van der Waals surface area contributed by atoms with Crippen molar-refractivity contribution in [3.63, 3.8) is 0 Å². The Morgan fingerprint density at radius 2 is 1.90 bits per heavy atom. The molecule has 2 aromatic carbocycles. The fourth-order valence-electron chi connectivity index (χ4n) is 3.50. The van der Waals surface area contributed by atoms with Crippen LogP contribution in [-0.4, -0.2) is 33.3 Å². The zero-order valence-corrected chi connectivity index (χ0v) is 18.0. The molecule has 3 rings (SSSR count). The van der Waals surface area contributed by atoms with Crippen LogP contribution in [0.1, 0.15) is 37.3 Å². The largest absolute Gasteiger partial charge is 0.355 e. The van der Waals surface area contributed by atoms with Gasteiger partial charge in [0.2, 0.25) is 21.8 Å². The summed E-state index contributed by atoms with van der Waals surface area (Å²) in [5.41, 5.74) is 2.87. The summed E-state index contributed by atoms with van der Waals surface area (Å²) in [5, 5.41) is 7.97. The van der Waals surface area contributed by atoms with Gasteiger partial charge in [-0.05, 0) is 47.7 Å². The summed E-state index contributed by atoms with van der Waals surface area (Å²) >= 11 is 0. The van der Waals surface area contributed by atoms with Gasteiger partial charge >= 0.3 is 0 Å². The molecule has 1 unspecified atom stereocenters. The lowest BCUT2D eigenvalue weighted by molar-refractivity contribution is -0.126. The number of benzene rings is 2. The van der Waals surface area contributed by atoms with Gasteiger partial charge in [-0.3, -0.25) is 9.59 Å². The molecule has 0 aliphatic carbocycles. The summed E-state index contributed by atoms with van der Waals surface area (Å²) < 4.78 is 22.6. The number of nitrogens with one attached hydrogen (secondary N) is 1. The molecule has 1 fully saturated rings. The van der Waals surface area contributed by atoms with Crippen LogP contribution in [-0.2, 0) is 26.0 Å². The predicted octanol–water partition coefficient (Wildman–Crippen LogP) is 2.17. The molecule has 1 saturated heterocycles. The quantitative estimate of drug-likeness (QED) is 0.703. The maximum Gasteiger partial charge on any atom is 0.238 e. The highest BCUT2D eigenvalue weighted by molar-refractivity contribution is 7.89. The van der Waals surface area contributed by atoms with Crippen molar-refractivity contribution in [2.24, 2.45) is 11.1 Å². The van der Waals surface area contributed by atoms with Gasteiger partial charge < -0.3 is 10.2 Å². The number of primary sulfonamides is 1. The molecule has 1 aliphatic heterocycles.